The third kappa shape index (κ3) is 1.70. The summed E-state index contributed by atoms with van der Waals surface area (Å²) in [6.07, 6.45) is 1.68. The molecule has 0 amide bonds. The molecule has 0 unspecified atom stereocenters. The summed E-state index contributed by atoms with van der Waals surface area (Å²) in [5.74, 6) is -0.354. The smallest absolute Gasteiger partial charge is 0.328 e. The lowest BCUT2D eigenvalue weighted by Crippen LogP contribution is -2.18. The predicted molar refractivity (Wildman–Crippen MR) is 45.9 cm³/mol. The zero-order valence-corrected chi connectivity index (χ0v) is 7.52. The zero-order chi connectivity index (χ0) is 9.84. The molecule has 1 atom stereocenters. The fourth-order valence-corrected chi connectivity index (χ4v) is 1.11. The van der Waals surface area contributed by atoms with E-state index in [9.17, 15) is 4.79 Å². The summed E-state index contributed by atoms with van der Waals surface area (Å²) in [5, 5.41) is 8.69. The van der Waals surface area contributed by atoms with Gasteiger partial charge in [-0.3, -0.25) is 0 Å². The highest BCUT2D eigenvalue weighted by Gasteiger charge is 2.16. The molecule has 1 rings (SSSR count). The van der Waals surface area contributed by atoms with Crippen LogP contribution in [0.2, 0.25) is 0 Å². The van der Waals surface area contributed by atoms with Crippen molar-refractivity contribution in [2.45, 2.75) is 13.0 Å². The molecule has 0 aliphatic heterocycles. The second-order valence-electron chi connectivity index (χ2n) is 2.61. The van der Waals surface area contributed by atoms with Crippen molar-refractivity contribution in [3.05, 3.63) is 24.0 Å². The number of hydrogen-bond donors (Lipinski definition) is 0. The van der Waals surface area contributed by atoms with Gasteiger partial charge in [0.15, 0.2) is 0 Å². The molecule has 0 saturated heterocycles. The minimum absolute atomic E-state index is 0.354. The van der Waals surface area contributed by atoms with Crippen molar-refractivity contribution in [1.82, 2.24) is 4.57 Å². The minimum Gasteiger partial charge on any atom is -0.467 e. The van der Waals surface area contributed by atoms with Crippen molar-refractivity contribution in [2.24, 2.45) is 0 Å². The topological polar surface area (TPSA) is 55.0 Å². The number of hydrogen-bond acceptors (Lipinski definition) is 3. The Kier molecular flexibility index (Phi) is 2.70. The summed E-state index contributed by atoms with van der Waals surface area (Å²) in [6, 6.07) is 4.91. The van der Waals surface area contributed by atoms with E-state index in [0.717, 1.165) is 0 Å². The zero-order valence-electron chi connectivity index (χ0n) is 7.52. The van der Waals surface area contributed by atoms with Crippen LogP contribution in [0.4, 0.5) is 0 Å². The van der Waals surface area contributed by atoms with Gasteiger partial charge in [-0.1, -0.05) is 0 Å². The van der Waals surface area contributed by atoms with Crippen LogP contribution in [0.3, 0.4) is 0 Å². The second kappa shape index (κ2) is 3.76. The maximum absolute atomic E-state index is 11.1. The molecule has 0 saturated carbocycles. The van der Waals surface area contributed by atoms with Crippen molar-refractivity contribution >= 4 is 5.97 Å². The number of methoxy groups -OCH3 is 1. The molecule has 0 fully saturated rings. The molecule has 1 aromatic rings. The Bertz CT molecular complexity index is 349. The van der Waals surface area contributed by atoms with Gasteiger partial charge in [-0.25, -0.2) is 4.79 Å². The van der Waals surface area contributed by atoms with Crippen LogP contribution in [0.25, 0.3) is 0 Å². The first-order valence-corrected chi connectivity index (χ1v) is 3.85. The Balaban J connectivity index is 2.95. The first-order valence-electron chi connectivity index (χ1n) is 3.85. The molecule has 68 valence electrons. The average molecular weight is 178 g/mol. The normalized spacial score (nSPS) is 11.8. The molecular weight excluding hydrogens is 168 g/mol. The third-order valence-electron chi connectivity index (χ3n) is 1.85. The molecular formula is C9H10N2O2. The first kappa shape index (κ1) is 9.33. The SMILES string of the molecule is COC(=O)[C@H](C)n1cccc1C#N. The van der Waals surface area contributed by atoms with E-state index in [1.54, 1.807) is 29.8 Å². The lowest BCUT2D eigenvalue weighted by molar-refractivity contribution is -0.144. The van der Waals surface area contributed by atoms with Gasteiger partial charge in [0.25, 0.3) is 0 Å². The number of rotatable bonds is 2. The van der Waals surface area contributed by atoms with Crippen molar-refractivity contribution < 1.29 is 9.53 Å². The van der Waals surface area contributed by atoms with E-state index >= 15 is 0 Å². The maximum Gasteiger partial charge on any atom is 0.328 e. The van der Waals surface area contributed by atoms with Crippen molar-refractivity contribution in [3.63, 3.8) is 0 Å². The number of ether oxygens (including phenoxy) is 1. The fourth-order valence-electron chi connectivity index (χ4n) is 1.11. The van der Waals surface area contributed by atoms with E-state index in [1.807, 2.05) is 6.07 Å². The molecule has 13 heavy (non-hydrogen) atoms. The lowest BCUT2D eigenvalue weighted by Gasteiger charge is -2.11. The molecule has 0 aliphatic carbocycles. The minimum atomic E-state index is -0.449. The van der Waals surface area contributed by atoms with Gasteiger partial charge in [-0.15, -0.1) is 0 Å². The number of carbonyl (C=O) groups is 1. The van der Waals surface area contributed by atoms with Gasteiger partial charge in [-0.05, 0) is 19.1 Å². The Labute approximate surface area is 76.3 Å². The summed E-state index contributed by atoms with van der Waals surface area (Å²) >= 11 is 0. The van der Waals surface area contributed by atoms with E-state index in [1.165, 1.54) is 7.11 Å². The highest BCUT2D eigenvalue weighted by molar-refractivity contribution is 5.73. The monoisotopic (exact) mass is 178 g/mol. The molecule has 0 N–H and O–H groups in total. The molecule has 4 heteroatoms. The van der Waals surface area contributed by atoms with E-state index in [-0.39, 0.29) is 5.97 Å². The average Bonchev–Trinajstić information content (AvgIpc) is 2.62. The van der Waals surface area contributed by atoms with Crippen LogP contribution in [0.15, 0.2) is 18.3 Å². The van der Waals surface area contributed by atoms with Crippen LogP contribution in [0.1, 0.15) is 18.7 Å². The Hall–Kier alpha value is -1.76. The van der Waals surface area contributed by atoms with Gasteiger partial charge in [0.2, 0.25) is 0 Å². The van der Waals surface area contributed by atoms with Crippen LogP contribution in [0, 0.1) is 11.3 Å². The van der Waals surface area contributed by atoms with Crippen molar-refractivity contribution in [2.75, 3.05) is 7.11 Å². The molecule has 4 nitrogen and oxygen atoms in total. The van der Waals surface area contributed by atoms with Crippen LogP contribution in [0.5, 0.6) is 0 Å². The standard InChI is InChI=1S/C9H10N2O2/c1-7(9(12)13-2)11-5-3-4-8(11)6-10/h3-5,7H,1-2H3/t7-/m0/s1. The number of esters is 1. The number of carbonyl (C=O) groups excluding carboxylic acids is 1. The van der Waals surface area contributed by atoms with Gasteiger partial charge < -0.3 is 9.30 Å². The molecule has 0 aliphatic rings. The summed E-state index contributed by atoms with van der Waals surface area (Å²) in [7, 11) is 1.33. The van der Waals surface area contributed by atoms with Crippen LogP contribution in [-0.4, -0.2) is 17.6 Å². The molecule has 0 radical (unpaired) electrons. The molecule has 0 spiro atoms. The summed E-state index contributed by atoms with van der Waals surface area (Å²) in [4.78, 5) is 11.1. The van der Waals surface area contributed by atoms with Crippen LogP contribution < -0.4 is 0 Å². The number of nitriles is 1. The number of aromatic nitrogens is 1. The van der Waals surface area contributed by atoms with Gasteiger partial charge in [0.05, 0.1) is 7.11 Å². The summed E-state index contributed by atoms with van der Waals surface area (Å²) in [5.41, 5.74) is 0.456. The maximum atomic E-state index is 11.1. The van der Waals surface area contributed by atoms with Crippen molar-refractivity contribution in [1.29, 1.82) is 5.26 Å². The predicted octanol–water partition coefficient (Wildman–Crippen LogP) is 1.09. The molecule has 0 aromatic carbocycles. The molecule has 1 aromatic heterocycles. The van der Waals surface area contributed by atoms with Gasteiger partial charge >= 0.3 is 5.97 Å². The Morgan fingerprint density at radius 1 is 1.77 bits per heavy atom. The van der Waals surface area contributed by atoms with Crippen molar-refractivity contribution in [3.8, 4) is 6.07 Å². The highest BCUT2D eigenvalue weighted by atomic mass is 16.5. The highest BCUT2D eigenvalue weighted by Crippen LogP contribution is 2.11. The number of nitrogens with zero attached hydrogens (tertiary/aromatic N) is 2. The van der Waals surface area contributed by atoms with E-state index < -0.39 is 6.04 Å². The summed E-state index contributed by atoms with van der Waals surface area (Å²) < 4.78 is 6.14. The van der Waals surface area contributed by atoms with Gasteiger partial charge in [0.1, 0.15) is 17.8 Å². The largest absolute Gasteiger partial charge is 0.467 e. The molecule has 0 bridgehead atoms. The van der Waals surface area contributed by atoms with Crippen LogP contribution in [-0.2, 0) is 9.53 Å². The molecule has 1 heterocycles. The van der Waals surface area contributed by atoms with E-state index in [4.69, 9.17) is 5.26 Å². The Morgan fingerprint density at radius 3 is 3.00 bits per heavy atom. The summed E-state index contributed by atoms with van der Waals surface area (Å²) in [6.45, 7) is 1.69. The lowest BCUT2D eigenvalue weighted by atomic mass is 10.3. The second-order valence-corrected chi connectivity index (χ2v) is 2.61. The van der Waals surface area contributed by atoms with Crippen LogP contribution >= 0.6 is 0 Å². The first-order chi connectivity index (χ1) is 6.20. The van der Waals surface area contributed by atoms with E-state index in [0.29, 0.717) is 5.69 Å². The Morgan fingerprint density at radius 2 is 2.46 bits per heavy atom. The van der Waals surface area contributed by atoms with Gasteiger partial charge in [0, 0.05) is 6.20 Å². The quantitative estimate of drug-likeness (QED) is 0.637. The van der Waals surface area contributed by atoms with Gasteiger partial charge in [-0.2, -0.15) is 5.26 Å². The van der Waals surface area contributed by atoms with E-state index in [2.05, 4.69) is 4.74 Å². The third-order valence-corrected chi connectivity index (χ3v) is 1.85. The fraction of sp³-hybridized carbons (Fsp3) is 0.333.